The molecule has 0 aliphatic carbocycles. The molecule has 3 rings (SSSR count). The number of nitrogens with one attached hydrogen (secondary N) is 1. The lowest BCUT2D eigenvalue weighted by Gasteiger charge is -2.04. The van der Waals surface area contributed by atoms with Gasteiger partial charge in [-0.25, -0.2) is 13.2 Å². The fraction of sp³-hybridized carbons (Fsp3) is 0.385. The third-order valence-corrected chi connectivity index (χ3v) is 3.41. The topological polar surface area (TPSA) is 60.2 Å². The quantitative estimate of drug-likeness (QED) is 0.881. The van der Waals surface area contributed by atoms with Crippen LogP contribution in [0.25, 0.3) is 11.4 Å². The summed E-state index contributed by atoms with van der Waals surface area (Å²) in [6.45, 7) is 0.651. The Balaban J connectivity index is 1.85. The van der Waals surface area contributed by atoms with Crippen LogP contribution in [0.15, 0.2) is 16.7 Å². The first-order valence-corrected chi connectivity index (χ1v) is 6.33. The van der Waals surface area contributed by atoms with Crippen LogP contribution in [0.3, 0.4) is 0 Å². The molecule has 0 radical (unpaired) electrons. The van der Waals surface area contributed by atoms with E-state index in [1.165, 1.54) is 0 Å². The van der Waals surface area contributed by atoms with Crippen LogP contribution in [-0.4, -0.2) is 29.9 Å². The van der Waals surface area contributed by atoms with E-state index in [9.17, 15) is 13.2 Å². The maximum atomic E-state index is 13.2. The lowest BCUT2D eigenvalue weighted by atomic mass is 10.2. The lowest BCUT2D eigenvalue weighted by molar-refractivity contribution is 0.116. The van der Waals surface area contributed by atoms with Crippen LogP contribution in [0.4, 0.5) is 13.2 Å². The Bertz CT molecular complexity index is 639. The summed E-state index contributed by atoms with van der Waals surface area (Å²) in [6.07, 6.45) is 0.704. The zero-order chi connectivity index (χ0) is 15.0. The molecule has 0 amide bonds. The SMILES string of the molecule is COC1CNC(c2nc(-c3cc(F)c(F)c(F)c3)no2)C1. The molecule has 0 spiro atoms. The third-order valence-electron chi connectivity index (χ3n) is 3.41. The van der Waals surface area contributed by atoms with Crippen molar-refractivity contribution in [2.75, 3.05) is 13.7 Å². The number of rotatable bonds is 3. The van der Waals surface area contributed by atoms with Crippen LogP contribution in [-0.2, 0) is 4.74 Å². The molecule has 2 heterocycles. The maximum absolute atomic E-state index is 13.2. The van der Waals surface area contributed by atoms with Gasteiger partial charge in [0.2, 0.25) is 11.7 Å². The van der Waals surface area contributed by atoms with Gasteiger partial charge in [-0.1, -0.05) is 5.16 Å². The van der Waals surface area contributed by atoms with E-state index in [1.807, 2.05) is 0 Å². The van der Waals surface area contributed by atoms with Gasteiger partial charge in [0.25, 0.3) is 0 Å². The summed E-state index contributed by atoms with van der Waals surface area (Å²) < 4.78 is 49.6. The highest BCUT2D eigenvalue weighted by Gasteiger charge is 2.29. The van der Waals surface area contributed by atoms with E-state index in [1.54, 1.807) is 7.11 Å². The number of benzene rings is 1. The van der Waals surface area contributed by atoms with E-state index in [4.69, 9.17) is 9.26 Å². The lowest BCUT2D eigenvalue weighted by Crippen LogP contribution is -2.16. The van der Waals surface area contributed by atoms with Gasteiger partial charge in [-0.05, 0) is 18.6 Å². The van der Waals surface area contributed by atoms with Gasteiger partial charge in [0.1, 0.15) is 0 Å². The van der Waals surface area contributed by atoms with Gasteiger partial charge < -0.3 is 14.6 Å². The van der Waals surface area contributed by atoms with Crippen molar-refractivity contribution in [3.8, 4) is 11.4 Å². The molecule has 8 heteroatoms. The van der Waals surface area contributed by atoms with Crippen LogP contribution < -0.4 is 5.32 Å². The highest BCUT2D eigenvalue weighted by molar-refractivity contribution is 5.54. The Morgan fingerprint density at radius 2 is 2.00 bits per heavy atom. The Morgan fingerprint density at radius 3 is 2.62 bits per heavy atom. The summed E-state index contributed by atoms with van der Waals surface area (Å²) >= 11 is 0. The normalized spacial score (nSPS) is 21.9. The smallest absolute Gasteiger partial charge is 0.244 e. The number of aromatic nitrogens is 2. The van der Waals surface area contributed by atoms with E-state index in [0.29, 0.717) is 18.9 Å². The largest absolute Gasteiger partial charge is 0.380 e. The van der Waals surface area contributed by atoms with Crippen molar-refractivity contribution in [3.63, 3.8) is 0 Å². The molecule has 1 fully saturated rings. The van der Waals surface area contributed by atoms with Gasteiger partial charge in [0, 0.05) is 19.2 Å². The summed E-state index contributed by atoms with van der Waals surface area (Å²) in [6, 6.07) is 1.48. The first-order valence-electron chi connectivity index (χ1n) is 6.33. The Morgan fingerprint density at radius 1 is 1.29 bits per heavy atom. The predicted octanol–water partition coefficient (Wildman–Crippen LogP) is 2.20. The zero-order valence-electron chi connectivity index (χ0n) is 11.1. The standard InChI is InChI=1S/C13H12F3N3O2/c1-20-7-4-10(17-5-7)13-18-12(19-21-13)6-2-8(14)11(16)9(15)3-6/h2-3,7,10,17H,4-5H2,1H3. The van der Waals surface area contributed by atoms with E-state index in [2.05, 4.69) is 15.5 Å². The third kappa shape index (κ3) is 2.64. The van der Waals surface area contributed by atoms with Crippen molar-refractivity contribution in [2.24, 2.45) is 0 Å². The highest BCUT2D eigenvalue weighted by atomic mass is 19.2. The first-order chi connectivity index (χ1) is 10.1. The van der Waals surface area contributed by atoms with E-state index < -0.39 is 17.5 Å². The molecule has 2 atom stereocenters. The van der Waals surface area contributed by atoms with Crippen LogP contribution in [0, 0.1) is 17.5 Å². The zero-order valence-corrected chi connectivity index (χ0v) is 11.1. The second kappa shape index (κ2) is 5.45. The fourth-order valence-electron chi connectivity index (χ4n) is 2.25. The minimum absolute atomic E-state index is 0.00506. The molecular weight excluding hydrogens is 287 g/mol. The van der Waals surface area contributed by atoms with Crippen molar-refractivity contribution in [3.05, 3.63) is 35.5 Å². The summed E-state index contributed by atoms with van der Waals surface area (Å²) in [7, 11) is 1.61. The first kappa shape index (κ1) is 14.0. The molecule has 1 aliphatic heterocycles. The van der Waals surface area contributed by atoms with E-state index in [0.717, 1.165) is 12.1 Å². The maximum Gasteiger partial charge on any atom is 0.244 e. The van der Waals surface area contributed by atoms with Crippen molar-refractivity contribution in [1.29, 1.82) is 0 Å². The van der Waals surface area contributed by atoms with Gasteiger partial charge in [-0.15, -0.1) is 0 Å². The molecule has 0 saturated carbocycles. The molecule has 2 aromatic rings. The van der Waals surface area contributed by atoms with E-state index >= 15 is 0 Å². The average molecular weight is 299 g/mol. The molecule has 5 nitrogen and oxygen atoms in total. The Labute approximate surface area is 118 Å². The fourth-order valence-corrected chi connectivity index (χ4v) is 2.25. The number of nitrogens with zero attached hydrogens (tertiary/aromatic N) is 2. The highest BCUT2D eigenvalue weighted by Crippen LogP contribution is 2.26. The number of hydrogen-bond donors (Lipinski definition) is 1. The van der Waals surface area contributed by atoms with Crippen LogP contribution >= 0.6 is 0 Å². The monoisotopic (exact) mass is 299 g/mol. The number of halogens is 3. The molecule has 1 aliphatic rings. The average Bonchev–Trinajstić information content (AvgIpc) is 3.12. The molecule has 112 valence electrons. The van der Waals surface area contributed by atoms with Gasteiger partial charge in [-0.3, -0.25) is 0 Å². The van der Waals surface area contributed by atoms with E-state index in [-0.39, 0.29) is 23.5 Å². The second-order valence-electron chi connectivity index (χ2n) is 4.76. The predicted molar refractivity (Wildman–Crippen MR) is 65.8 cm³/mol. The van der Waals surface area contributed by atoms with Gasteiger partial charge in [0.05, 0.1) is 12.1 Å². The molecule has 1 aromatic heterocycles. The van der Waals surface area contributed by atoms with Crippen LogP contribution in [0.5, 0.6) is 0 Å². The Kier molecular flexibility index (Phi) is 3.64. The minimum atomic E-state index is -1.53. The van der Waals surface area contributed by atoms with Gasteiger partial charge in [-0.2, -0.15) is 4.98 Å². The van der Waals surface area contributed by atoms with Gasteiger partial charge >= 0.3 is 0 Å². The number of hydrogen-bond acceptors (Lipinski definition) is 5. The number of methoxy groups -OCH3 is 1. The van der Waals surface area contributed by atoms with Crippen LogP contribution in [0.1, 0.15) is 18.4 Å². The summed E-state index contributed by atoms with van der Waals surface area (Å²) in [5, 5.41) is 6.81. The summed E-state index contributed by atoms with van der Waals surface area (Å²) in [5.74, 6) is -3.81. The molecule has 1 saturated heterocycles. The molecule has 0 bridgehead atoms. The molecule has 21 heavy (non-hydrogen) atoms. The summed E-state index contributed by atoms with van der Waals surface area (Å²) in [5.41, 5.74) is 0.0164. The van der Waals surface area contributed by atoms with Gasteiger partial charge in [0.15, 0.2) is 17.5 Å². The molecular formula is C13H12F3N3O2. The molecule has 1 N–H and O–H groups in total. The van der Waals surface area contributed by atoms with Crippen molar-refractivity contribution in [2.45, 2.75) is 18.6 Å². The Hall–Kier alpha value is -1.93. The minimum Gasteiger partial charge on any atom is -0.380 e. The van der Waals surface area contributed by atoms with Crippen molar-refractivity contribution < 1.29 is 22.4 Å². The molecule has 2 unspecified atom stereocenters. The van der Waals surface area contributed by atoms with Crippen molar-refractivity contribution in [1.82, 2.24) is 15.5 Å². The van der Waals surface area contributed by atoms with Crippen LogP contribution in [0.2, 0.25) is 0 Å². The summed E-state index contributed by atoms with van der Waals surface area (Å²) in [4.78, 5) is 4.09. The van der Waals surface area contributed by atoms with Crippen molar-refractivity contribution >= 4 is 0 Å². The molecule has 1 aromatic carbocycles. The second-order valence-corrected chi connectivity index (χ2v) is 4.76. The number of ether oxygens (including phenoxy) is 1.